The Kier molecular flexibility index (Phi) is 4.56. The van der Waals surface area contributed by atoms with Crippen LogP contribution in [0.5, 0.6) is 0 Å². The summed E-state index contributed by atoms with van der Waals surface area (Å²) < 4.78 is 5.22. The average Bonchev–Trinajstić information content (AvgIpc) is 2.38. The molecule has 1 atom stereocenters. The molecule has 0 saturated carbocycles. The Morgan fingerprint density at radius 2 is 2.25 bits per heavy atom. The molecule has 0 aliphatic carbocycles. The molecule has 2 rings (SSSR count). The van der Waals surface area contributed by atoms with Gasteiger partial charge in [-0.3, -0.25) is 4.79 Å². The highest BCUT2D eigenvalue weighted by molar-refractivity contribution is 5.78. The lowest BCUT2D eigenvalue weighted by Gasteiger charge is -2.28. The van der Waals surface area contributed by atoms with Gasteiger partial charge in [-0.1, -0.05) is 0 Å². The number of morpholine rings is 1. The molecule has 16 heavy (non-hydrogen) atoms. The molecule has 1 N–H and O–H groups in total. The molecule has 5 nitrogen and oxygen atoms in total. The van der Waals surface area contributed by atoms with Gasteiger partial charge < -0.3 is 15.0 Å². The van der Waals surface area contributed by atoms with Crippen molar-refractivity contribution in [1.82, 2.24) is 15.5 Å². The molecule has 1 amide bonds. The number of nitrogens with zero attached hydrogens (tertiary/aromatic N) is 2. The molecule has 2 fully saturated rings. The van der Waals surface area contributed by atoms with Crippen LogP contribution in [0, 0.1) is 0 Å². The molecule has 2 aliphatic heterocycles. The lowest BCUT2D eigenvalue weighted by Crippen LogP contribution is -2.48. The predicted octanol–water partition coefficient (Wildman–Crippen LogP) is -0.798. The van der Waals surface area contributed by atoms with Gasteiger partial charge in [0, 0.05) is 32.2 Å². The summed E-state index contributed by atoms with van der Waals surface area (Å²) in [6.45, 7) is 5.09. The normalized spacial score (nSPS) is 26.8. The Morgan fingerprint density at radius 3 is 2.94 bits per heavy atom. The largest absolute Gasteiger partial charge is 0.378 e. The van der Waals surface area contributed by atoms with Crippen LogP contribution in [0.3, 0.4) is 0 Å². The van der Waals surface area contributed by atoms with Crippen LogP contribution in [0.15, 0.2) is 0 Å². The van der Waals surface area contributed by atoms with E-state index < -0.39 is 0 Å². The molecule has 0 aromatic carbocycles. The fraction of sp³-hybridized carbons (Fsp3) is 0.909. The smallest absolute Gasteiger partial charge is 0.236 e. The van der Waals surface area contributed by atoms with Gasteiger partial charge in [-0.05, 0) is 12.8 Å². The third-order valence-electron chi connectivity index (χ3n) is 3.12. The van der Waals surface area contributed by atoms with Crippen molar-refractivity contribution in [2.75, 3.05) is 45.9 Å². The SMILES string of the molecule is O=C(CNC1CCC[N]C1)N1CCOCC1. The first-order valence-electron chi connectivity index (χ1n) is 6.08. The summed E-state index contributed by atoms with van der Waals surface area (Å²) in [5, 5.41) is 7.63. The minimum absolute atomic E-state index is 0.189. The highest BCUT2D eigenvalue weighted by Crippen LogP contribution is 2.02. The molecule has 1 unspecified atom stereocenters. The van der Waals surface area contributed by atoms with Gasteiger partial charge in [-0.2, -0.15) is 0 Å². The Balaban J connectivity index is 1.65. The number of rotatable bonds is 3. The molecule has 2 heterocycles. The van der Waals surface area contributed by atoms with Gasteiger partial charge in [-0.25, -0.2) is 5.32 Å². The first-order chi connectivity index (χ1) is 7.86. The topological polar surface area (TPSA) is 55.7 Å². The lowest BCUT2D eigenvalue weighted by molar-refractivity contribution is -0.134. The van der Waals surface area contributed by atoms with E-state index in [1.165, 1.54) is 0 Å². The molecular formula is C11H20N3O2. The third-order valence-corrected chi connectivity index (χ3v) is 3.12. The molecule has 1 radical (unpaired) electrons. The molecule has 5 heteroatoms. The van der Waals surface area contributed by atoms with Gasteiger partial charge >= 0.3 is 0 Å². The molecule has 0 aromatic heterocycles. The Morgan fingerprint density at radius 1 is 1.44 bits per heavy atom. The Bertz CT molecular complexity index is 223. The second kappa shape index (κ2) is 6.18. The number of ether oxygens (including phenoxy) is 1. The van der Waals surface area contributed by atoms with Crippen molar-refractivity contribution < 1.29 is 9.53 Å². The van der Waals surface area contributed by atoms with E-state index in [2.05, 4.69) is 10.6 Å². The summed E-state index contributed by atoms with van der Waals surface area (Å²) in [6.07, 6.45) is 2.28. The number of hydrogen-bond acceptors (Lipinski definition) is 3. The van der Waals surface area contributed by atoms with E-state index in [1.807, 2.05) is 4.90 Å². The van der Waals surface area contributed by atoms with Crippen molar-refractivity contribution in [1.29, 1.82) is 0 Å². The summed E-state index contributed by atoms with van der Waals surface area (Å²) in [4.78, 5) is 13.7. The second-order valence-corrected chi connectivity index (χ2v) is 4.34. The quantitative estimate of drug-likeness (QED) is 0.685. The summed E-state index contributed by atoms with van der Waals surface area (Å²) >= 11 is 0. The van der Waals surface area contributed by atoms with Crippen molar-refractivity contribution in [3.8, 4) is 0 Å². The maximum absolute atomic E-state index is 11.8. The van der Waals surface area contributed by atoms with E-state index in [0.717, 1.165) is 39.0 Å². The molecule has 0 spiro atoms. The average molecular weight is 226 g/mol. The second-order valence-electron chi connectivity index (χ2n) is 4.34. The zero-order valence-electron chi connectivity index (χ0n) is 9.65. The minimum Gasteiger partial charge on any atom is -0.378 e. The van der Waals surface area contributed by atoms with Crippen molar-refractivity contribution in [3.05, 3.63) is 0 Å². The highest BCUT2D eigenvalue weighted by Gasteiger charge is 2.19. The summed E-state index contributed by atoms with van der Waals surface area (Å²) in [5.41, 5.74) is 0. The van der Waals surface area contributed by atoms with Gasteiger partial charge in [0.25, 0.3) is 0 Å². The fourth-order valence-electron chi connectivity index (χ4n) is 2.11. The Hall–Kier alpha value is -0.650. The number of piperidine rings is 1. The van der Waals surface area contributed by atoms with Crippen molar-refractivity contribution in [2.24, 2.45) is 0 Å². The van der Waals surface area contributed by atoms with E-state index in [-0.39, 0.29) is 5.91 Å². The van der Waals surface area contributed by atoms with Crippen LogP contribution in [0.25, 0.3) is 0 Å². The first-order valence-corrected chi connectivity index (χ1v) is 6.08. The zero-order chi connectivity index (χ0) is 11.2. The van der Waals surface area contributed by atoms with Crippen molar-refractivity contribution in [2.45, 2.75) is 18.9 Å². The van der Waals surface area contributed by atoms with Gasteiger partial charge in [0.1, 0.15) is 0 Å². The number of nitrogens with one attached hydrogen (secondary N) is 1. The number of carbonyl (C=O) groups is 1. The van der Waals surface area contributed by atoms with Gasteiger partial charge in [0.2, 0.25) is 5.91 Å². The lowest BCUT2D eigenvalue weighted by atomic mass is 10.1. The third kappa shape index (κ3) is 3.43. The standard InChI is InChI=1S/C11H20N3O2/c15-11(14-4-6-16-7-5-14)9-13-10-2-1-3-12-8-10/h10,13H,1-9H2. The molecular weight excluding hydrogens is 206 g/mol. The van der Waals surface area contributed by atoms with Crippen molar-refractivity contribution in [3.63, 3.8) is 0 Å². The van der Waals surface area contributed by atoms with E-state index in [1.54, 1.807) is 0 Å². The van der Waals surface area contributed by atoms with Crippen LogP contribution in [0.1, 0.15) is 12.8 Å². The van der Waals surface area contributed by atoms with Crippen LogP contribution in [0.4, 0.5) is 0 Å². The zero-order valence-corrected chi connectivity index (χ0v) is 9.65. The molecule has 2 aliphatic rings. The van der Waals surface area contributed by atoms with Crippen LogP contribution >= 0.6 is 0 Å². The van der Waals surface area contributed by atoms with E-state index >= 15 is 0 Å². The monoisotopic (exact) mass is 226 g/mol. The number of hydrogen-bond donors (Lipinski definition) is 1. The van der Waals surface area contributed by atoms with Gasteiger partial charge in [0.05, 0.1) is 19.8 Å². The summed E-state index contributed by atoms with van der Waals surface area (Å²) in [6, 6.07) is 0.402. The summed E-state index contributed by atoms with van der Waals surface area (Å²) in [7, 11) is 0. The van der Waals surface area contributed by atoms with Crippen molar-refractivity contribution >= 4 is 5.91 Å². The molecule has 0 bridgehead atoms. The van der Waals surface area contributed by atoms with Crippen LogP contribution in [-0.4, -0.2) is 62.8 Å². The first kappa shape index (κ1) is 11.8. The maximum atomic E-state index is 11.8. The van der Waals surface area contributed by atoms with E-state index in [9.17, 15) is 4.79 Å². The van der Waals surface area contributed by atoms with E-state index in [0.29, 0.717) is 25.8 Å². The van der Waals surface area contributed by atoms with E-state index in [4.69, 9.17) is 4.74 Å². The molecule has 2 saturated heterocycles. The Labute approximate surface area is 96.5 Å². The molecule has 0 aromatic rings. The maximum Gasteiger partial charge on any atom is 0.236 e. The highest BCUT2D eigenvalue weighted by atomic mass is 16.5. The van der Waals surface area contributed by atoms with Gasteiger partial charge in [0.15, 0.2) is 0 Å². The minimum atomic E-state index is 0.189. The molecule has 91 valence electrons. The van der Waals surface area contributed by atoms with Crippen LogP contribution in [-0.2, 0) is 9.53 Å². The predicted molar refractivity (Wildman–Crippen MR) is 60.3 cm³/mol. The van der Waals surface area contributed by atoms with Crippen LogP contribution in [0.2, 0.25) is 0 Å². The summed E-state index contributed by atoms with van der Waals surface area (Å²) in [5.74, 6) is 0.189. The van der Waals surface area contributed by atoms with Gasteiger partial charge in [-0.15, -0.1) is 0 Å². The number of carbonyl (C=O) groups excluding carboxylic acids is 1. The number of amides is 1. The van der Waals surface area contributed by atoms with Crippen LogP contribution < -0.4 is 10.6 Å². The fourth-order valence-corrected chi connectivity index (χ4v) is 2.11.